The van der Waals surface area contributed by atoms with Crippen LogP contribution in [0.2, 0.25) is 0 Å². The molecular weight excluding hydrogens is 324 g/mol. The molecule has 6 heteroatoms. The lowest BCUT2D eigenvalue weighted by Crippen LogP contribution is -2.30. The van der Waals surface area contributed by atoms with Crippen molar-refractivity contribution in [1.29, 1.82) is 0 Å². The Morgan fingerprint density at radius 2 is 2.08 bits per heavy atom. The van der Waals surface area contributed by atoms with Gasteiger partial charge < -0.3 is 14.2 Å². The Balaban J connectivity index is 1.82. The van der Waals surface area contributed by atoms with E-state index in [-0.39, 0.29) is 11.9 Å². The van der Waals surface area contributed by atoms with Gasteiger partial charge in [0.2, 0.25) is 0 Å². The second-order valence-electron chi connectivity index (χ2n) is 5.39. The molecule has 0 saturated heterocycles. The summed E-state index contributed by atoms with van der Waals surface area (Å²) in [6, 6.07) is 13.1. The highest BCUT2D eigenvalue weighted by Crippen LogP contribution is 2.30. The van der Waals surface area contributed by atoms with Crippen molar-refractivity contribution in [2.75, 3.05) is 14.2 Å². The normalized spacial score (nSPS) is 12.0. The number of hydrogen-bond donors (Lipinski definition) is 0. The van der Waals surface area contributed by atoms with E-state index in [4.69, 9.17) is 9.26 Å². The van der Waals surface area contributed by atoms with Gasteiger partial charge in [0.05, 0.1) is 18.0 Å². The number of methoxy groups -OCH3 is 1. The van der Waals surface area contributed by atoms with Crippen molar-refractivity contribution < 1.29 is 14.1 Å². The van der Waals surface area contributed by atoms with Crippen LogP contribution >= 0.6 is 11.3 Å². The molecule has 1 amide bonds. The number of benzene rings is 1. The molecule has 3 rings (SSSR count). The van der Waals surface area contributed by atoms with Crippen LogP contribution in [0.25, 0.3) is 10.6 Å². The van der Waals surface area contributed by atoms with Crippen LogP contribution in [0, 0.1) is 0 Å². The van der Waals surface area contributed by atoms with E-state index < -0.39 is 0 Å². The molecule has 5 nitrogen and oxygen atoms in total. The summed E-state index contributed by atoms with van der Waals surface area (Å²) in [6.45, 7) is 1.95. The maximum atomic E-state index is 12.7. The highest BCUT2D eigenvalue weighted by Gasteiger charge is 2.24. The van der Waals surface area contributed by atoms with Gasteiger partial charge in [0.25, 0.3) is 5.91 Å². The predicted octanol–water partition coefficient (Wildman–Crippen LogP) is 4.24. The molecule has 2 aromatic heterocycles. The lowest BCUT2D eigenvalue weighted by Gasteiger charge is -2.25. The summed E-state index contributed by atoms with van der Waals surface area (Å²) in [4.78, 5) is 15.3. The van der Waals surface area contributed by atoms with E-state index in [0.29, 0.717) is 11.5 Å². The molecule has 1 unspecified atom stereocenters. The molecule has 2 heterocycles. The molecule has 0 spiro atoms. The average Bonchev–Trinajstić information content (AvgIpc) is 3.30. The SMILES string of the molecule is COc1ccccc1C(C)N(C)C(=O)c1cc(-c2cccs2)on1. The molecular formula is C18H18N2O3S. The van der Waals surface area contributed by atoms with Gasteiger partial charge in [-0.1, -0.05) is 29.4 Å². The zero-order valence-electron chi connectivity index (χ0n) is 13.7. The van der Waals surface area contributed by atoms with Crippen LogP contribution < -0.4 is 4.74 Å². The summed E-state index contributed by atoms with van der Waals surface area (Å²) < 4.78 is 10.7. The monoisotopic (exact) mass is 342 g/mol. The minimum Gasteiger partial charge on any atom is -0.496 e. The number of aromatic nitrogens is 1. The van der Waals surface area contributed by atoms with Crippen molar-refractivity contribution >= 4 is 17.2 Å². The van der Waals surface area contributed by atoms with Crippen molar-refractivity contribution in [2.45, 2.75) is 13.0 Å². The molecule has 0 saturated carbocycles. The Morgan fingerprint density at radius 1 is 1.29 bits per heavy atom. The van der Waals surface area contributed by atoms with E-state index in [2.05, 4.69) is 5.16 Å². The van der Waals surface area contributed by atoms with Crippen LogP contribution in [0.5, 0.6) is 5.75 Å². The summed E-state index contributed by atoms with van der Waals surface area (Å²) >= 11 is 1.54. The molecule has 1 aromatic carbocycles. The molecule has 0 aliphatic rings. The second kappa shape index (κ2) is 6.88. The van der Waals surface area contributed by atoms with E-state index >= 15 is 0 Å². The predicted molar refractivity (Wildman–Crippen MR) is 93.3 cm³/mol. The molecule has 0 fully saturated rings. The van der Waals surface area contributed by atoms with Crippen molar-refractivity contribution in [3.63, 3.8) is 0 Å². The number of para-hydroxylation sites is 1. The lowest BCUT2D eigenvalue weighted by atomic mass is 10.1. The van der Waals surface area contributed by atoms with E-state index in [0.717, 1.165) is 16.2 Å². The molecule has 1 atom stereocenters. The number of carbonyl (C=O) groups is 1. The Hall–Kier alpha value is -2.60. The van der Waals surface area contributed by atoms with E-state index in [1.165, 1.54) is 0 Å². The number of rotatable bonds is 5. The highest BCUT2D eigenvalue weighted by atomic mass is 32.1. The van der Waals surface area contributed by atoms with Gasteiger partial charge in [-0.25, -0.2) is 0 Å². The highest BCUT2D eigenvalue weighted by molar-refractivity contribution is 7.13. The maximum absolute atomic E-state index is 12.7. The summed E-state index contributed by atoms with van der Waals surface area (Å²) in [6.07, 6.45) is 0. The fraction of sp³-hybridized carbons (Fsp3) is 0.222. The van der Waals surface area contributed by atoms with Gasteiger partial charge in [-0.3, -0.25) is 4.79 Å². The first-order chi connectivity index (χ1) is 11.6. The van der Waals surface area contributed by atoms with Crippen LogP contribution in [-0.4, -0.2) is 30.1 Å². The quantitative estimate of drug-likeness (QED) is 0.696. The van der Waals surface area contributed by atoms with Gasteiger partial charge in [-0.15, -0.1) is 11.3 Å². The first-order valence-electron chi connectivity index (χ1n) is 7.52. The Labute approximate surface area is 144 Å². The van der Waals surface area contributed by atoms with Gasteiger partial charge >= 0.3 is 0 Å². The van der Waals surface area contributed by atoms with Gasteiger partial charge in [0.15, 0.2) is 11.5 Å². The molecule has 124 valence electrons. The molecule has 24 heavy (non-hydrogen) atoms. The third-order valence-electron chi connectivity index (χ3n) is 3.98. The molecule has 3 aromatic rings. The third-order valence-corrected chi connectivity index (χ3v) is 4.87. The first-order valence-corrected chi connectivity index (χ1v) is 8.40. The topological polar surface area (TPSA) is 55.6 Å². The first kappa shape index (κ1) is 16.3. The smallest absolute Gasteiger partial charge is 0.276 e. The van der Waals surface area contributed by atoms with Crippen LogP contribution in [0.15, 0.2) is 52.4 Å². The van der Waals surface area contributed by atoms with Crippen molar-refractivity contribution in [1.82, 2.24) is 10.1 Å². The van der Waals surface area contributed by atoms with Crippen molar-refractivity contribution in [3.8, 4) is 16.4 Å². The summed E-state index contributed by atoms with van der Waals surface area (Å²) in [5, 5.41) is 5.87. The number of thiophene rings is 1. The number of carbonyl (C=O) groups excluding carboxylic acids is 1. The minimum absolute atomic E-state index is 0.157. The maximum Gasteiger partial charge on any atom is 0.276 e. The van der Waals surface area contributed by atoms with Crippen LogP contribution in [-0.2, 0) is 0 Å². The standard InChI is InChI=1S/C18H18N2O3S/c1-12(13-7-4-5-8-15(13)22-3)20(2)18(21)14-11-16(23-19-14)17-9-6-10-24-17/h4-12H,1-3H3. The van der Waals surface area contributed by atoms with Gasteiger partial charge in [-0.05, 0) is 24.4 Å². The number of hydrogen-bond acceptors (Lipinski definition) is 5. The van der Waals surface area contributed by atoms with Crippen LogP contribution in [0.4, 0.5) is 0 Å². The zero-order valence-corrected chi connectivity index (χ0v) is 14.5. The fourth-order valence-electron chi connectivity index (χ4n) is 2.49. The van der Waals surface area contributed by atoms with E-state index in [1.807, 2.05) is 48.7 Å². The molecule has 0 radical (unpaired) electrons. The largest absolute Gasteiger partial charge is 0.496 e. The van der Waals surface area contributed by atoms with E-state index in [9.17, 15) is 4.79 Å². The molecule has 0 aliphatic heterocycles. The summed E-state index contributed by atoms with van der Waals surface area (Å²) in [5.74, 6) is 1.16. The molecule has 0 aliphatic carbocycles. The van der Waals surface area contributed by atoms with Crippen molar-refractivity contribution in [3.05, 3.63) is 59.1 Å². The third kappa shape index (κ3) is 3.05. The van der Waals surface area contributed by atoms with Crippen molar-refractivity contribution in [2.24, 2.45) is 0 Å². The number of amides is 1. The van der Waals surface area contributed by atoms with Gasteiger partial charge in [0.1, 0.15) is 5.75 Å². The number of nitrogens with zero attached hydrogens (tertiary/aromatic N) is 2. The van der Waals surface area contributed by atoms with Crippen LogP contribution in [0.1, 0.15) is 29.0 Å². The Kier molecular flexibility index (Phi) is 4.66. The fourth-order valence-corrected chi connectivity index (χ4v) is 3.16. The zero-order chi connectivity index (χ0) is 17.1. The average molecular weight is 342 g/mol. The number of ether oxygens (including phenoxy) is 1. The second-order valence-corrected chi connectivity index (χ2v) is 6.34. The van der Waals surface area contributed by atoms with Crippen LogP contribution in [0.3, 0.4) is 0 Å². The minimum atomic E-state index is -0.194. The van der Waals surface area contributed by atoms with E-state index in [1.54, 1.807) is 36.5 Å². The van der Waals surface area contributed by atoms with Gasteiger partial charge in [-0.2, -0.15) is 0 Å². The Morgan fingerprint density at radius 3 is 2.79 bits per heavy atom. The van der Waals surface area contributed by atoms with Gasteiger partial charge in [0, 0.05) is 18.7 Å². The Bertz CT molecular complexity index is 826. The summed E-state index contributed by atoms with van der Waals surface area (Å²) in [5.41, 5.74) is 1.24. The molecule has 0 N–H and O–H groups in total. The summed E-state index contributed by atoms with van der Waals surface area (Å²) in [7, 11) is 3.37. The lowest BCUT2D eigenvalue weighted by molar-refractivity contribution is 0.0730. The molecule has 0 bridgehead atoms.